The van der Waals surface area contributed by atoms with Gasteiger partial charge in [-0.3, -0.25) is 0 Å². The summed E-state index contributed by atoms with van der Waals surface area (Å²) in [4.78, 5) is 0. The van der Waals surface area contributed by atoms with Gasteiger partial charge in [0.05, 0.1) is 6.04 Å². The van der Waals surface area contributed by atoms with Crippen molar-refractivity contribution >= 4 is 6.21 Å². The minimum atomic E-state index is 0.625. The van der Waals surface area contributed by atoms with Gasteiger partial charge in [-0.15, -0.1) is 0 Å². The summed E-state index contributed by atoms with van der Waals surface area (Å²) >= 11 is 0. The number of hydrazone groups is 1. The fraction of sp³-hybridized carbons (Fsp3) is 0.727. The average Bonchev–Trinajstić information content (AvgIpc) is 2.75. The molecule has 2 rings (SSSR count). The van der Waals surface area contributed by atoms with Gasteiger partial charge in [-0.05, 0) is 25.2 Å². The lowest BCUT2D eigenvalue weighted by Gasteiger charge is -2.23. The van der Waals surface area contributed by atoms with Crippen molar-refractivity contribution in [3.05, 3.63) is 12.2 Å². The molecule has 0 fully saturated rings. The Morgan fingerprint density at radius 3 is 2.62 bits per heavy atom. The second-order valence-corrected chi connectivity index (χ2v) is 3.33. The Hall–Kier alpha value is -0.790. The average molecular weight is 180 g/mol. The third-order valence-corrected chi connectivity index (χ3v) is 2.57. The molecule has 2 atom stereocenters. The van der Waals surface area contributed by atoms with E-state index in [1.807, 2.05) is 20.1 Å². The van der Waals surface area contributed by atoms with E-state index in [1.54, 1.807) is 0 Å². The Morgan fingerprint density at radius 1 is 1.23 bits per heavy atom. The van der Waals surface area contributed by atoms with Crippen LogP contribution in [-0.2, 0) is 0 Å². The highest BCUT2D eigenvalue weighted by molar-refractivity contribution is 5.59. The van der Waals surface area contributed by atoms with Crippen LogP contribution in [0.1, 0.15) is 39.5 Å². The van der Waals surface area contributed by atoms with Gasteiger partial charge >= 0.3 is 0 Å². The minimum absolute atomic E-state index is 0.625. The topological polar surface area (TPSA) is 24.4 Å². The fourth-order valence-electron chi connectivity index (χ4n) is 1.85. The molecule has 1 heterocycles. The zero-order chi connectivity index (χ0) is 9.52. The van der Waals surface area contributed by atoms with Crippen LogP contribution in [-0.4, -0.2) is 12.3 Å². The lowest BCUT2D eigenvalue weighted by atomic mass is 9.87. The van der Waals surface area contributed by atoms with E-state index in [-0.39, 0.29) is 0 Å². The highest BCUT2D eigenvalue weighted by Crippen LogP contribution is 2.24. The predicted octanol–water partition coefficient (Wildman–Crippen LogP) is 2.72. The van der Waals surface area contributed by atoms with Crippen molar-refractivity contribution < 1.29 is 0 Å². The standard InChI is InChI=1S/C9H14N2.C2H6/c1-2-4-8(5-3-1)9-6-7-10-11-9;1-2/h1-2,7-9,11H,3-6H2;1-2H3. The quantitative estimate of drug-likeness (QED) is 0.616. The van der Waals surface area contributed by atoms with Crippen LogP contribution in [0.3, 0.4) is 0 Å². The zero-order valence-electron chi connectivity index (χ0n) is 8.66. The number of hydrogen-bond donors (Lipinski definition) is 1. The number of nitrogens with zero attached hydrogens (tertiary/aromatic N) is 1. The summed E-state index contributed by atoms with van der Waals surface area (Å²) in [6.07, 6.45) is 11.5. The van der Waals surface area contributed by atoms with Crippen LogP contribution < -0.4 is 5.43 Å². The first-order valence-corrected chi connectivity index (χ1v) is 5.39. The van der Waals surface area contributed by atoms with Gasteiger partial charge in [0, 0.05) is 12.6 Å². The van der Waals surface area contributed by atoms with Gasteiger partial charge in [0.25, 0.3) is 0 Å². The van der Waals surface area contributed by atoms with E-state index in [9.17, 15) is 0 Å². The van der Waals surface area contributed by atoms with Crippen LogP contribution in [0.5, 0.6) is 0 Å². The molecule has 2 nitrogen and oxygen atoms in total. The smallest absolute Gasteiger partial charge is 0.0521 e. The van der Waals surface area contributed by atoms with Gasteiger partial charge in [-0.25, -0.2) is 0 Å². The van der Waals surface area contributed by atoms with Crippen molar-refractivity contribution in [1.82, 2.24) is 5.43 Å². The van der Waals surface area contributed by atoms with Crippen molar-refractivity contribution in [3.63, 3.8) is 0 Å². The zero-order valence-corrected chi connectivity index (χ0v) is 8.66. The van der Waals surface area contributed by atoms with E-state index in [0.717, 1.165) is 12.3 Å². The summed E-state index contributed by atoms with van der Waals surface area (Å²) in [6, 6.07) is 0.625. The monoisotopic (exact) mass is 180 g/mol. The Labute approximate surface area is 81.1 Å². The third-order valence-electron chi connectivity index (χ3n) is 2.57. The molecule has 0 bridgehead atoms. The SMILES string of the molecule is C1=CCC(C2CC=NN2)CC1.CC. The molecule has 0 spiro atoms. The summed E-state index contributed by atoms with van der Waals surface area (Å²) in [6.45, 7) is 4.00. The summed E-state index contributed by atoms with van der Waals surface area (Å²) in [5.41, 5.74) is 3.16. The maximum Gasteiger partial charge on any atom is 0.0521 e. The van der Waals surface area contributed by atoms with Crippen LogP contribution in [0.4, 0.5) is 0 Å². The van der Waals surface area contributed by atoms with E-state index >= 15 is 0 Å². The molecule has 0 saturated heterocycles. The Morgan fingerprint density at radius 2 is 2.08 bits per heavy atom. The third kappa shape index (κ3) is 2.87. The molecule has 2 aliphatic rings. The summed E-state index contributed by atoms with van der Waals surface area (Å²) in [5.74, 6) is 0.822. The fourth-order valence-corrected chi connectivity index (χ4v) is 1.85. The molecule has 0 radical (unpaired) electrons. The van der Waals surface area contributed by atoms with Crippen molar-refractivity contribution in [1.29, 1.82) is 0 Å². The first-order chi connectivity index (χ1) is 6.47. The van der Waals surface area contributed by atoms with E-state index in [0.29, 0.717) is 6.04 Å². The summed E-state index contributed by atoms with van der Waals surface area (Å²) in [7, 11) is 0. The molecule has 1 aliphatic carbocycles. The number of rotatable bonds is 1. The van der Waals surface area contributed by atoms with Crippen molar-refractivity contribution in [2.45, 2.75) is 45.6 Å². The maximum absolute atomic E-state index is 4.04. The number of nitrogens with one attached hydrogen (secondary N) is 1. The molecule has 2 heteroatoms. The maximum atomic E-state index is 4.04. The lowest BCUT2D eigenvalue weighted by molar-refractivity contribution is 0.357. The second-order valence-electron chi connectivity index (χ2n) is 3.33. The van der Waals surface area contributed by atoms with Gasteiger partial charge in [0.2, 0.25) is 0 Å². The first kappa shape index (κ1) is 10.3. The van der Waals surface area contributed by atoms with Gasteiger partial charge in [-0.1, -0.05) is 26.0 Å². The van der Waals surface area contributed by atoms with Gasteiger partial charge in [0.15, 0.2) is 0 Å². The van der Waals surface area contributed by atoms with Crippen molar-refractivity contribution in [2.75, 3.05) is 0 Å². The van der Waals surface area contributed by atoms with Gasteiger partial charge < -0.3 is 5.43 Å². The molecule has 0 aromatic rings. The highest BCUT2D eigenvalue weighted by atomic mass is 15.3. The second kappa shape index (κ2) is 5.79. The van der Waals surface area contributed by atoms with Crippen LogP contribution in [0.25, 0.3) is 0 Å². The Bertz CT molecular complexity index is 177. The Balaban J connectivity index is 0.000000396. The summed E-state index contributed by atoms with van der Waals surface area (Å²) in [5, 5.41) is 4.04. The normalized spacial score (nSPS) is 30.6. The lowest BCUT2D eigenvalue weighted by Crippen LogP contribution is -2.29. The molecule has 1 N–H and O–H groups in total. The first-order valence-electron chi connectivity index (χ1n) is 5.39. The van der Waals surface area contributed by atoms with E-state index < -0.39 is 0 Å². The minimum Gasteiger partial charge on any atom is -0.307 e. The van der Waals surface area contributed by atoms with Crippen LogP contribution in [0.15, 0.2) is 17.3 Å². The number of hydrogen-bond acceptors (Lipinski definition) is 2. The largest absolute Gasteiger partial charge is 0.307 e. The highest BCUT2D eigenvalue weighted by Gasteiger charge is 2.22. The predicted molar refractivity (Wildman–Crippen MR) is 57.9 cm³/mol. The molecule has 13 heavy (non-hydrogen) atoms. The van der Waals surface area contributed by atoms with E-state index in [2.05, 4.69) is 22.7 Å². The molecular weight excluding hydrogens is 160 g/mol. The van der Waals surface area contributed by atoms with Crippen LogP contribution >= 0.6 is 0 Å². The summed E-state index contributed by atoms with van der Waals surface area (Å²) < 4.78 is 0. The Kier molecular flexibility index (Phi) is 4.58. The van der Waals surface area contributed by atoms with Crippen molar-refractivity contribution in [3.8, 4) is 0 Å². The molecule has 2 unspecified atom stereocenters. The van der Waals surface area contributed by atoms with E-state index in [1.165, 1.54) is 19.3 Å². The molecule has 74 valence electrons. The van der Waals surface area contributed by atoms with Crippen LogP contribution in [0.2, 0.25) is 0 Å². The molecule has 0 amide bonds. The van der Waals surface area contributed by atoms with Gasteiger partial charge in [0.1, 0.15) is 0 Å². The molecule has 0 aromatic carbocycles. The molecular formula is C11H20N2. The van der Waals surface area contributed by atoms with Crippen molar-refractivity contribution in [2.24, 2.45) is 11.0 Å². The molecule has 1 aliphatic heterocycles. The number of allylic oxidation sites excluding steroid dienone is 2. The van der Waals surface area contributed by atoms with E-state index in [4.69, 9.17) is 0 Å². The molecule has 0 aromatic heterocycles. The van der Waals surface area contributed by atoms with Gasteiger partial charge in [-0.2, -0.15) is 5.10 Å². The van der Waals surface area contributed by atoms with Crippen LogP contribution in [0, 0.1) is 5.92 Å². The molecule has 0 saturated carbocycles.